The summed E-state index contributed by atoms with van der Waals surface area (Å²) in [6.07, 6.45) is 10.7. The van der Waals surface area contributed by atoms with Gasteiger partial charge < -0.3 is 0 Å². The number of benzene rings is 1. The fourth-order valence-corrected chi connectivity index (χ4v) is 4.20. The fraction of sp³-hybridized carbons (Fsp3) is 0.545. The van der Waals surface area contributed by atoms with Crippen molar-refractivity contribution in [3.05, 3.63) is 53.1 Å². The molecule has 0 N–H and O–H groups in total. The summed E-state index contributed by atoms with van der Waals surface area (Å²) < 4.78 is 0. The summed E-state index contributed by atoms with van der Waals surface area (Å²) >= 11 is 0. The van der Waals surface area contributed by atoms with E-state index < -0.39 is 0 Å². The first kappa shape index (κ1) is 17.1. The predicted octanol–water partition coefficient (Wildman–Crippen LogP) is 6.73. The van der Waals surface area contributed by atoms with E-state index in [-0.39, 0.29) is 0 Å². The first-order chi connectivity index (χ1) is 10.4. The standard InChI is InChI=1S/C22H32/c1-16(2)14-22(15-17(3)4)13-8-7-12-21(22)20-11-9-10-18(5)19(20)6/h7-12,16-17H,13-15H2,1-6H3. The summed E-state index contributed by atoms with van der Waals surface area (Å²) in [5, 5.41) is 0. The molecule has 0 heterocycles. The van der Waals surface area contributed by atoms with Crippen LogP contribution < -0.4 is 0 Å². The van der Waals surface area contributed by atoms with Crippen LogP contribution in [-0.2, 0) is 0 Å². The van der Waals surface area contributed by atoms with Crippen LogP contribution in [0.25, 0.3) is 5.57 Å². The van der Waals surface area contributed by atoms with Gasteiger partial charge in [-0.15, -0.1) is 0 Å². The molecule has 1 aromatic carbocycles. The maximum absolute atomic E-state index is 2.38. The Morgan fingerprint density at radius 3 is 2.23 bits per heavy atom. The van der Waals surface area contributed by atoms with Crippen LogP contribution in [0.3, 0.4) is 0 Å². The highest BCUT2D eigenvalue weighted by atomic mass is 14.4. The molecule has 0 amide bonds. The summed E-state index contributed by atoms with van der Waals surface area (Å²) in [7, 11) is 0. The van der Waals surface area contributed by atoms with Gasteiger partial charge in [0.15, 0.2) is 0 Å². The zero-order valence-electron chi connectivity index (χ0n) is 15.2. The molecule has 120 valence electrons. The molecule has 1 aliphatic rings. The normalized spacial score (nSPS) is 17.2. The van der Waals surface area contributed by atoms with Gasteiger partial charge in [0.1, 0.15) is 0 Å². The SMILES string of the molecule is Cc1cccc(C2=CC=CCC2(CC(C)C)CC(C)C)c1C. The third kappa shape index (κ3) is 3.54. The van der Waals surface area contributed by atoms with Crippen molar-refractivity contribution in [2.24, 2.45) is 17.3 Å². The Morgan fingerprint density at radius 1 is 1.00 bits per heavy atom. The molecule has 0 atom stereocenters. The molecule has 0 spiro atoms. The van der Waals surface area contributed by atoms with Gasteiger partial charge in [0.05, 0.1) is 0 Å². The summed E-state index contributed by atoms with van der Waals surface area (Å²) in [6, 6.07) is 6.76. The number of hydrogen-bond donors (Lipinski definition) is 0. The molecule has 0 unspecified atom stereocenters. The highest BCUT2D eigenvalue weighted by molar-refractivity contribution is 5.75. The number of aryl methyl sites for hydroxylation is 1. The van der Waals surface area contributed by atoms with Crippen molar-refractivity contribution in [3.63, 3.8) is 0 Å². The van der Waals surface area contributed by atoms with Crippen LogP contribution in [0.15, 0.2) is 36.4 Å². The van der Waals surface area contributed by atoms with Crippen molar-refractivity contribution < 1.29 is 0 Å². The molecule has 0 radical (unpaired) electrons. The first-order valence-electron chi connectivity index (χ1n) is 8.79. The van der Waals surface area contributed by atoms with Gasteiger partial charge in [0.2, 0.25) is 0 Å². The molecule has 1 aliphatic carbocycles. The monoisotopic (exact) mass is 296 g/mol. The lowest BCUT2D eigenvalue weighted by molar-refractivity contribution is 0.260. The quantitative estimate of drug-likeness (QED) is 0.565. The second-order valence-electron chi connectivity index (χ2n) is 7.94. The Morgan fingerprint density at radius 2 is 1.64 bits per heavy atom. The fourth-order valence-electron chi connectivity index (χ4n) is 4.20. The molecule has 0 heteroatoms. The van der Waals surface area contributed by atoms with Gasteiger partial charge in [-0.05, 0) is 72.6 Å². The number of rotatable bonds is 5. The Kier molecular flexibility index (Phi) is 5.32. The van der Waals surface area contributed by atoms with Crippen molar-refractivity contribution in [1.82, 2.24) is 0 Å². The van der Waals surface area contributed by atoms with Gasteiger partial charge >= 0.3 is 0 Å². The summed E-state index contributed by atoms with van der Waals surface area (Å²) in [5.74, 6) is 1.44. The van der Waals surface area contributed by atoms with Crippen LogP contribution in [0, 0.1) is 31.1 Å². The van der Waals surface area contributed by atoms with Crippen LogP contribution in [0.4, 0.5) is 0 Å². The van der Waals surface area contributed by atoms with E-state index in [0.717, 1.165) is 11.8 Å². The molecule has 22 heavy (non-hydrogen) atoms. The lowest BCUT2D eigenvalue weighted by Gasteiger charge is -2.41. The maximum Gasteiger partial charge on any atom is -0.000156 e. The van der Waals surface area contributed by atoms with Crippen molar-refractivity contribution in [2.45, 2.75) is 60.8 Å². The molecule has 2 rings (SSSR count). The van der Waals surface area contributed by atoms with Crippen molar-refractivity contribution in [3.8, 4) is 0 Å². The second kappa shape index (κ2) is 6.86. The van der Waals surface area contributed by atoms with E-state index >= 15 is 0 Å². The van der Waals surface area contributed by atoms with Crippen LogP contribution in [0.2, 0.25) is 0 Å². The molecular formula is C22H32. The van der Waals surface area contributed by atoms with E-state index in [0.29, 0.717) is 5.41 Å². The average molecular weight is 296 g/mol. The molecule has 0 saturated heterocycles. The Labute approximate surface area is 137 Å². The highest BCUT2D eigenvalue weighted by Gasteiger charge is 2.36. The number of allylic oxidation sites excluding steroid dienone is 4. The van der Waals surface area contributed by atoms with Gasteiger partial charge in [-0.2, -0.15) is 0 Å². The van der Waals surface area contributed by atoms with Gasteiger partial charge in [0.25, 0.3) is 0 Å². The Hall–Kier alpha value is -1.30. The second-order valence-corrected chi connectivity index (χ2v) is 7.94. The molecule has 1 aromatic rings. The van der Waals surface area contributed by atoms with E-state index in [4.69, 9.17) is 0 Å². The van der Waals surface area contributed by atoms with Crippen LogP contribution in [-0.4, -0.2) is 0 Å². The molecule has 0 aromatic heterocycles. The van der Waals surface area contributed by atoms with Crippen molar-refractivity contribution in [2.75, 3.05) is 0 Å². The zero-order valence-corrected chi connectivity index (χ0v) is 15.2. The molecule has 0 bridgehead atoms. The zero-order chi connectivity index (χ0) is 16.3. The third-order valence-electron chi connectivity index (χ3n) is 4.97. The lowest BCUT2D eigenvalue weighted by Crippen LogP contribution is -2.28. The Balaban J connectivity index is 2.54. The maximum atomic E-state index is 2.38. The smallest absolute Gasteiger partial charge is 0.000156 e. The van der Waals surface area contributed by atoms with E-state index in [1.165, 1.54) is 36.0 Å². The third-order valence-corrected chi connectivity index (χ3v) is 4.97. The predicted molar refractivity (Wildman–Crippen MR) is 99.0 cm³/mol. The molecule has 0 aliphatic heterocycles. The first-order valence-corrected chi connectivity index (χ1v) is 8.79. The topological polar surface area (TPSA) is 0 Å². The minimum absolute atomic E-state index is 0.301. The van der Waals surface area contributed by atoms with Crippen molar-refractivity contribution in [1.29, 1.82) is 0 Å². The minimum atomic E-state index is 0.301. The van der Waals surface area contributed by atoms with Gasteiger partial charge in [-0.25, -0.2) is 0 Å². The molecule has 0 nitrogen and oxygen atoms in total. The molecule has 0 saturated carbocycles. The molecular weight excluding hydrogens is 264 g/mol. The van der Waals surface area contributed by atoms with E-state index in [1.807, 2.05) is 0 Å². The van der Waals surface area contributed by atoms with Crippen LogP contribution in [0.5, 0.6) is 0 Å². The Bertz CT molecular complexity index is 560. The van der Waals surface area contributed by atoms with E-state index in [2.05, 4.69) is 78.0 Å². The van der Waals surface area contributed by atoms with Crippen LogP contribution >= 0.6 is 0 Å². The molecule has 0 fully saturated rings. The van der Waals surface area contributed by atoms with Crippen molar-refractivity contribution >= 4 is 5.57 Å². The van der Waals surface area contributed by atoms with Crippen LogP contribution in [0.1, 0.15) is 63.6 Å². The minimum Gasteiger partial charge on any atom is -0.0836 e. The largest absolute Gasteiger partial charge is 0.0836 e. The highest BCUT2D eigenvalue weighted by Crippen LogP contribution is 2.50. The van der Waals surface area contributed by atoms with Gasteiger partial charge in [-0.3, -0.25) is 0 Å². The van der Waals surface area contributed by atoms with Gasteiger partial charge in [-0.1, -0.05) is 64.1 Å². The lowest BCUT2D eigenvalue weighted by atomic mass is 9.63. The number of hydrogen-bond acceptors (Lipinski definition) is 0. The van der Waals surface area contributed by atoms with E-state index in [1.54, 1.807) is 5.57 Å². The van der Waals surface area contributed by atoms with Gasteiger partial charge in [0, 0.05) is 0 Å². The average Bonchev–Trinajstić information content (AvgIpc) is 2.41. The summed E-state index contributed by atoms with van der Waals surface area (Å²) in [6.45, 7) is 14.0. The summed E-state index contributed by atoms with van der Waals surface area (Å²) in [4.78, 5) is 0. The summed E-state index contributed by atoms with van der Waals surface area (Å²) in [5.41, 5.74) is 6.18. The van der Waals surface area contributed by atoms with E-state index in [9.17, 15) is 0 Å².